The quantitative estimate of drug-likeness (QED) is 0.522. The number of hydrogen-bond donors (Lipinski definition) is 1. The molecule has 0 bridgehead atoms. The van der Waals surface area contributed by atoms with Crippen LogP contribution in [0.3, 0.4) is 0 Å². The fourth-order valence-electron chi connectivity index (χ4n) is 2.18. The van der Waals surface area contributed by atoms with Crippen molar-refractivity contribution in [2.45, 2.75) is 38.5 Å². The minimum atomic E-state index is -0.142. The number of rotatable bonds is 7. The van der Waals surface area contributed by atoms with Gasteiger partial charge in [-0.05, 0) is 32.4 Å². The van der Waals surface area contributed by atoms with Gasteiger partial charge < -0.3 is 10.6 Å². The third kappa shape index (κ3) is 4.67. The van der Waals surface area contributed by atoms with E-state index in [2.05, 4.69) is 10.8 Å². The van der Waals surface area contributed by atoms with Crippen LogP contribution in [0.2, 0.25) is 0 Å². The van der Waals surface area contributed by atoms with Gasteiger partial charge in [0.15, 0.2) is 0 Å². The van der Waals surface area contributed by atoms with E-state index in [1.807, 2.05) is 0 Å². The monoisotopic (exact) mass is 222 g/mol. The lowest BCUT2D eigenvalue weighted by Gasteiger charge is -2.14. The Bertz CT molecular complexity index is 257. The maximum atomic E-state index is 11.0. The summed E-state index contributed by atoms with van der Waals surface area (Å²) in [5, 5.41) is 0. The molecule has 3 heteroatoms. The molecule has 1 saturated heterocycles. The average molecular weight is 222 g/mol. The Hall–Kier alpha value is -1.01. The highest BCUT2D eigenvalue weighted by molar-refractivity contribution is 5.77. The molecule has 2 N–H and O–H groups in total. The first-order valence-corrected chi connectivity index (χ1v) is 6.19. The van der Waals surface area contributed by atoms with Crippen molar-refractivity contribution in [2.75, 3.05) is 19.6 Å². The number of nitrogens with zero attached hydrogens (tertiary/aromatic N) is 1. The van der Waals surface area contributed by atoms with Crippen molar-refractivity contribution in [2.24, 2.45) is 11.7 Å². The van der Waals surface area contributed by atoms with Crippen molar-refractivity contribution in [3.63, 3.8) is 0 Å². The molecule has 1 amide bonds. The molecular formula is C13H22N2O. The average Bonchev–Trinajstić information content (AvgIpc) is 2.72. The first-order valence-electron chi connectivity index (χ1n) is 6.19. The number of primary amides is 1. The molecule has 0 radical (unpaired) electrons. The summed E-state index contributed by atoms with van der Waals surface area (Å²) >= 11 is 0. The summed E-state index contributed by atoms with van der Waals surface area (Å²) in [4.78, 5) is 13.3. The SMILES string of the molecule is C#CCCCCCCN1CC[C@H](C(N)=O)C1. The summed E-state index contributed by atoms with van der Waals surface area (Å²) < 4.78 is 0. The summed E-state index contributed by atoms with van der Waals surface area (Å²) in [5.74, 6) is 2.60. The van der Waals surface area contributed by atoms with Gasteiger partial charge in [0.25, 0.3) is 0 Å². The maximum Gasteiger partial charge on any atom is 0.221 e. The van der Waals surface area contributed by atoms with E-state index in [0.717, 1.165) is 38.9 Å². The number of unbranched alkanes of at least 4 members (excludes halogenated alkanes) is 4. The normalized spacial score (nSPS) is 20.8. The molecular weight excluding hydrogens is 200 g/mol. The third-order valence-corrected chi connectivity index (χ3v) is 3.22. The van der Waals surface area contributed by atoms with Crippen LogP contribution in [0.5, 0.6) is 0 Å². The van der Waals surface area contributed by atoms with Gasteiger partial charge in [0.1, 0.15) is 0 Å². The van der Waals surface area contributed by atoms with E-state index in [1.165, 1.54) is 19.3 Å². The largest absolute Gasteiger partial charge is 0.369 e. The van der Waals surface area contributed by atoms with E-state index in [0.29, 0.717) is 0 Å². The predicted molar refractivity (Wildman–Crippen MR) is 65.7 cm³/mol. The molecule has 1 fully saturated rings. The Morgan fingerprint density at radius 2 is 2.12 bits per heavy atom. The topological polar surface area (TPSA) is 46.3 Å². The molecule has 1 atom stereocenters. The van der Waals surface area contributed by atoms with Crippen LogP contribution in [0.1, 0.15) is 38.5 Å². The van der Waals surface area contributed by atoms with Gasteiger partial charge in [0.2, 0.25) is 5.91 Å². The van der Waals surface area contributed by atoms with Crippen LogP contribution in [0.15, 0.2) is 0 Å². The molecule has 0 aromatic rings. The first-order chi connectivity index (χ1) is 7.74. The van der Waals surface area contributed by atoms with Gasteiger partial charge in [-0.25, -0.2) is 0 Å². The van der Waals surface area contributed by atoms with Gasteiger partial charge in [-0.2, -0.15) is 0 Å². The Morgan fingerprint density at radius 3 is 2.75 bits per heavy atom. The number of likely N-dealkylation sites (tertiary alicyclic amines) is 1. The van der Waals surface area contributed by atoms with E-state index in [-0.39, 0.29) is 11.8 Å². The van der Waals surface area contributed by atoms with Crippen LogP contribution >= 0.6 is 0 Å². The highest BCUT2D eigenvalue weighted by atomic mass is 16.1. The summed E-state index contributed by atoms with van der Waals surface area (Å²) in [6.07, 6.45) is 11.8. The maximum absolute atomic E-state index is 11.0. The van der Waals surface area contributed by atoms with E-state index < -0.39 is 0 Å². The summed E-state index contributed by atoms with van der Waals surface area (Å²) in [5.41, 5.74) is 5.29. The molecule has 1 aliphatic heterocycles. The molecule has 1 aliphatic rings. The smallest absolute Gasteiger partial charge is 0.221 e. The molecule has 90 valence electrons. The second-order valence-corrected chi connectivity index (χ2v) is 4.56. The van der Waals surface area contributed by atoms with E-state index in [4.69, 9.17) is 12.2 Å². The van der Waals surface area contributed by atoms with Crippen molar-refractivity contribution in [1.29, 1.82) is 0 Å². The van der Waals surface area contributed by atoms with Crippen LogP contribution < -0.4 is 5.73 Å². The molecule has 0 spiro atoms. The van der Waals surface area contributed by atoms with E-state index >= 15 is 0 Å². The molecule has 0 aromatic carbocycles. The van der Waals surface area contributed by atoms with Gasteiger partial charge >= 0.3 is 0 Å². The molecule has 1 heterocycles. The van der Waals surface area contributed by atoms with Crippen molar-refractivity contribution in [3.8, 4) is 12.3 Å². The number of terminal acetylenes is 1. The zero-order chi connectivity index (χ0) is 11.8. The lowest BCUT2D eigenvalue weighted by molar-refractivity contribution is -0.121. The molecule has 0 aromatic heterocycles. The zero-order valence-corrected chi connectivity index (χ0v) is 9.95. The fourth-order valence-corrected chi connectivity index (χ4v) is 2.18. The number of hydrogen-bond acceptors (Lipinski definition) is 2. The molecule has 0 saturated carbocycles. The van der Waals surface area contributed by atoms with Gasteiger partial charge in [0, 0.05) is 13.0 Å². The lowest BCUT2D eigenvalue weighted by atomic mass is 10.1. The van der Waals surface area contributed by atoms with Crippen LogP contribution in [-0.4, -0.2) is 30.4 Å². The number of nitrogens with two attached hydrogens (primary N) is 1. The zero-order valence-electron chi connectivity index (χ0n) is 9.95. The van der Waals surface area contributed by atoms with Crippen molar-refractivity contribution in [3.05, 3.63) is 0 Å². The standard InChI is InChI=1S/C13H22N2O/c1-2-3-4-5-6-7-9-15-10-8-12(11-15)13(14)16/h1,12H,3-11H2,(H2,14,16)/t12-/m0/s1. The highest BCUT2D eigenvalue weighted by Crippen LogP contribution is 2.16. The van der Waals surface area contributed by atoms with Gasteiger partial charge in [0.05, 0.1) is 5.92 Å². The van der Waals surface area contributed by atoms with E-state index in [1.54, 1.807) is 0 Å². The second-order valence-electron chi connectivity index (χ2n) is 4.56. The Labute approximate surface area is 98.4 Å². The number of amides is 1. The Morgan fingerprint density at radius 1 is 1.38 bits per heavy atom. The summed E-state index contributed by atoms with van der Waals surface area (Å²) in [7, 11) is 0. The Kier molecular flexibility index (Phi) is 5.95. The molecule has 1 rings (SSSR count). The molecule has 3 nitrogen and oxygen atoms in total. The van der Waals surface area contributed by atoms with Gasteiger partial charge in [-0.15, -0.1) is 12.3 Å². The van der Waals surface area contributed by atoms with Crippen LogP contribution in [-0.2, 0) is 4.79 Å². The predicted octanol–water partition coefficient (Wildman–Crippen LogP) is 1.38. The minimum Gasteiger partial charge on any atom is -0.369 e. The summed E-state index contributed by atoms with van der Waals surface area (Å²) in [6.45, 7) is 2.98. The van der Waals surface area contributed by atoms with Gasteiger partial charge in [-0.3, -0.25) is 4.79 Å². The van der Waals surface area contributed by atoms with Gasteiger partial charge in [-0.1, -0.05) is 12.8 Å². The van der Waals surface area contributed by atoms with Crippen molar-refractivity contribution < 1.29 is 4.79 Å². The molecule has 0 aliphatic carbocycles. The highest BCUT2D eigenvalue weighted by Gasteiger charge is 2.25. The van der Waals surface area contributed by atoms with Crippen LogP contribution in [0.25, 0.3) is 0 Å². The van der Waals surface area contributed by atoms with Crippen LogP contribution in [0, 0.1) is 18.3 Å². The third-order valence-electron chi connectivity index (χ3n) is 3.22. The fraction of sp³-hybridized carbons (Fsp3) is 0.769. The van der Waals surface area contributed by atoms with Crippen molar-refractivity contribution in [1.82, 2.24) is 4.90 Å². The molecule has 16 heavy (non-hydrogen) atoms. The number of carbonyl (C=O) groups excluding carboxylic acids is 1. The van der Waals surface area contributed by atoms with Crippen molar-refractivity contribution >= 4 is 5.91 Å². The van der Waals surface area contributed by atoms with Crippen LogP contribution in [0.4, 0.5) is 0 Å². The first kappa shape index (κ1) is 13.1. The number of carbonyl (C=O) groups is 1. The van der Waals surface area contributed by atoms with E-state index in [9.17, 15) is 4.79 Å². The second kappa shape index (κ2) is 7.29. The minimum absolute atomic E-state index is 0.0847. The molecule has 0 unspecified atom stereocenters. The summed E-state index contributed by atoms with van der Waals surface area (Å²) in [6, 6.07) is 0. The Balaban J connectivity index is 1.99. The lowest BCUT2D eigenvalue weighted by Crippen LogP contribution is -2.27.